The van der Waals surface area contributed by atoms with Gasteiger partial charge in [0.05, 0.1) is 17.5 Å². The topological polar surface area (TPSA) is 76.3 Å². The molecule has 0 radical (unpaired) electrons. The van der Waals surface area contributed by atoms with Crippen molar-refractivity contribution in [3.63, 3.8) is 0 Å². The predicted molar refractivity (Wildman–Crippen MR) is 63.1 cm³/mol. The molecule has 5 nitrogen and oxygen atoms in total. The van der Waals surface area contributed by atoms with Crippen LogP contribution in [0.1, 0.15) is 12.6 Å². The molecule has 0 aliphatic rings. The van der Waals surface area contributed by atoms with E-state index < -0.39 is 15.3 Å². The van der Waals surface area contributed by atoms with Crippen molar-refractivity contribution in [1.82, 2.24) is 9.29 Å². The highest BCUT2D eigenvalue weighted by atomic mass is 32.2. The van der Waals surface area contributed by atoms with Gasteiger partial charge in [0.25, 0.3) is 0 Å². The number of pyridine rings is 1. The summed E-state index contributed by atoms with van der Waals surface area (Å²) in [4.78, 5) is 4.08. The highest BCUT2D eigenvalue weighted by molar-refractivity contribution is 7.89. The Morgan fingerprint density at radius 2 is 2.19 bits per heavy atom. The lowest BCUT2D eigenvalue weighted by atomic mass is 10.3. The summed E-state index contributed by atoms with van der Waals surface area (Å²) < 4.78 is 25.1. The number of hydrogen-bond acceptors (Lipinski definition) is 4. The lowest BCUT2D eigenvalue weighted by Crippen LogP contribution is -2.38. The molecule has 0 fully saturated rings. The van der Waals surface area contributed by atoms with Crippen molar-refractivity contribution in [2.75, 3.05) is 13.6 Å². The molecule has 0 aliphatic carbocycles. The summed E-state index contributed by atoms with van der Waals surface area (Å²) in [7, 11) is -1.78. The second kappa shape index (κ2) is 5.38. The average Bonchev–Trinajstić information content (AvgIpc) is 2.29. The first-order chi connectivity index (χ1) is 7.48. The summed E-state index contributed by atoms with van der Waals surface area (Å²) in [6.45, 7) is 1.99. The molecule has 1 aromatic heterocycles. The van der Waals surface area contributed by atoms with Gasteiger partial charge in [-0.05, 0) is 19.1 Å². The Morgan fingerprint density at radius 1 is 1.50 bits per heavy atom. The standard InChI is InChI=1S/C10H17N3O2S/c1-9(7-11)16(14,15)13(2)8-10-5-3-4-6-12-10/h3-6,9H,7-8,11H2,1-2H3. The van der Waals surface area contributed by atoms with Gasteiger partial charge < -0.3 is 5.73 Å². The van der Waals surface area contributed by atoms with Gasteiger partial charge in [0.2, 0.25) is 10.0 Å². The zero-order chi connectivity index (χ0) is 12.2. The third-order valence-electron chi connectivity index (χ3n) is 2.39. The van der Waals surface area contributed by atoms with Crippen molar-refractivity contribution < 1.29 is 8.42 Å². The maximum Gasteiger partial charge on any atom is 0.218 e. The number of rotatable bonds is 5. The van der Waals surface area contributed by atoms with Gasteiger partial charge in [-0.25, -0.2) is 8.42 Å². The Bertz CT molecular complexity index is 419. The quantitative estimate of drug-likeness (QED) is 0.801. The molecule has 16 heavy (non-hydrogen) atoms. The number of hydrogen-bond donors (Lipinski definition) is 1. The molecule has 1 aromatic rings. The fraction of sp³-hybridized carbons (Fsp3) is 0.500. The number of aromatic nitrogens is 1. The minimum atomic E-state index is -3.32. The molecule has 1 unspecified atom stereocenters. The number of nitrogens with two attached hydrogens (primary N) is 1. The largest absolute Gasteiger partial charge is 0.329 e. The van der Waals surface area contributed by atoms with Crippen LogP contribution >= 0.6 is 0 Å². The van der Waals surface area contributed by atoms with Gasteiger partial charge in [-0.15, -0.1) is 0 Å². The van der Waals surface area contributed by atoms with E-state index in [1.807, 2.05) is 6.07 Å². The van der Waals surface area contributed by atoms with E-state index in [1.165, 1.54) is 11.4 Å². The van der Waals surface area contributed by atoms with E-state index in [2.05, 4.69) is 4.98 Å². The summed E-state index contributed by atoms with van der Waals surface area (Å²) in [5.41, 5.74) is 6.09. The van der Waals surface area contributed by atoms with Gasteiger partial charge in [0, 0.05) is 19.8 Å². The summed E-state index contributed by atoms with van der Waals surface area (Å²) in [5.74, 6) is 0. The fourth-order valence-electron chi connectivity index (χ4n) is 1.24. The molecule has 2 N–H and O–H groups in total. The molecule has 0 bridgehead atoms. The summed E-state index contributed by atoms with van der Waals surface area (Å²) in [5, 5.41) is -0.568. The van der Waals surface area contributed by atoms with E-state index in [0.717, 1.165) is 5.69 Å². The van der Waals surface area contributed by atoms with Crippen molar-refractivity contribution in [2.24, 2.45) is 5.73 Å². The Hall–Kier alpha value is -0.980. The van der Waals surface area contributed by atoms with Gasteiger partial charge >= 0.3 is 0 Å². The van der Waals surface area contributed by atoms with Crippen LogP contribution in [0.2, 0.25) is 0 Å². The van der Waals surface area contributed by atoms with Crippen molar-refractivity contribution in [3.8, 4) is 0 Å². The summed E-state index contributed by atoms with van der Waals surface area (Å²) in [6.07, 6.45) is 1.64. The van der Waals surface area contributed by atoms with Crippen molar-refractivity contribution in [2.45, 2.75) is 18.7 Å². The van der Waals surface area contributed by atoms with Gasteiger partial charge in [0.1, 0.15) is 0 Å². The molecular weight excluding hydrogens is 226 g/mol. The average molecular weight is 243 g/mol. The van der Waals surface area contributed by atoms with Crippen molar-refractivity contribution in [3.05, 3.63) is 30.1 Å². The molecule has 1 rings (SSSR count). The van der Waals surface area contributed by atoms with Crippen LogP contribution in [0.4, 0.5) is 0 Å². The molecule has 90 valence electrons. The molecule has 1 heterocycles. The smallest absolute Gasteiger partial charge is 0.218 e. The second-order valence-electron chi connectivity index (χ2n) is 3.67. The zero-order valence-electron chi connectivity index (χ0n) is 9.50. The van der Waals surface area contributed by atoms with Crippen molar-refractivity contribution >= 4 is 10.0 Å². The molecule has 0 aromatic carbocycles. The van der Waals surface area contributed by atoms with E-state index in [4.69, 9.17) is 5.73 Å². The molecule has 0 spiro atoms. The highest BCUT2D eigenvalue weighted by Crippen LogP contribution is 2.09. The van der Waals surface area contributed by atoms with Gasteiger partial charge in [0.15, 0.2) is 0 Å². The van der Waals surface area contributed by atoms with Crippen LogP contribution < -0.4 is 5.73 Å². The normalized spacial score (nSPS) is 14.0. The SMILES string of the molecule is CC(CN)S(=O)(=O)N(C)Cc1ccccn1. The Morgan fingerprint density at radius 3 is 2.69 bits per heavy atom. The van der Waals surface area contributed by atoms with E-state index in [-0.39, 0.29) is 13.1 Å². The molecule has 0 amide bonds. The lowest BCUT2D eigenvalue weighted by Gasteiger charge is -2.20. The van der Waals surface area contributed by atoms with Crippen LogP contribution in [-0.4, -0.2) is 36.5 Å². The first kappa shape index (κ1) is 13.1. The van der Waals surface area contributed by atoms with Crippen LogP contribution in [0, 0.1) is 0 Å². The molecule has 1 atom stereocenters. The number of sulfonamides is 1. The Balaban J connectivity index is 2.77. The van der Waals surface area contributed by atoms with Gasteiger partial charge in [-0.3, -0.25) is 4.98 Å². The maximum atomic E-state index is 11.9. The Kier molecular flexibility index (Phi) is 4.40. The summed E-state index contributed by atoms with van der Waals surface area (Å²) in [6, 6.07) is 5.41. The predicted octanol–water partition coefficient (Wildman–Crippen LogP) is 0.190. The highest BCUT2D eigenvalue weighted by Gasteiger charge is 2.24. The molecule has 0 aliphatic heterocycles. The van der Waals surface area contributed by atoms with E-state index >= 15 is 0 Å². The van der Waals surface area contributed by atoms with E-state index in [9.17, 15) is 8.42 Å². The van der Waals surface area contributed by atoms with Crippen LogP contribution in [0.5, 0.6) is 0 Å². The Labute approximate surface area is 96.3 Å². The summed E-state index contributed by atoms with van der Waals surface area (Å²) >= 11 is 0. The van der Waals surface area contributed by atoms with Crippen LogP contribution in [0.3, 0.4) is 0 Å². The van der Waals surface area contributed by atoms with Gasteiger partial charge in [-0.2, -0.15) is 4.31 Å². The van der Waals surface area contributed by atoms with E-state index in [0.29, 0.717) is 0 Å². The fourth-order valence-corrected chi connectivity index (χ4v) is 2.41. The monoisotopic (exact) mass is 243 g/mol. The zero-order valence-corrected chi connectivity index (χ0v) is 10.3. The van der Waals surface area contributed by atoms with Crippen LogP contribution in [0.25, 0.3) is 0 Å². The molecule has 0 saturated heterocycles. The molecular formula is C10H17N3O2S. The molecule has 0 saturated carbocycles. The minimum Gasteiger partial charge on any atom is -0.329 e. The van der Waals surface area contributed by atoms with Crippen LogP contribution in [-0.2, 0) is 16.6 Å². The van der Waals surface area contributed by atoms with Gasteiger partial charge in [-0.1, -0.05) is 6.07 Å². The minimum absolute atomic E-state index is 0.120. The van der Waals surface area contributed by atoms with Crippen LogP contribution in [0.15, 0.2) is 24.4 Å². The third kappa shape index (κ3) is 3.01. The lowest BCUT2D eigenvalue weighted by molar-refractivity contribution is 0.453. The first-order valence-corrected chi connectivity index (χ1v) is 6.54. The maximum absolute atomic E-state index is 11.9. The molecule has 6 heteroatoms. The van der Waals surface area contributed by atoms with Crippen molar-refractivity contribution in [1.29, 1.82) is 0 Å². The number of nitrogens with zero attached hydrogens (tertiary/aromatic N) is 2. The first-order valence-electron chi connectivity index (χ1n) is 5.03. The van der Waals surface area contributed by atoms with E-state index in [1.54, 1.807) is 25.3 Å². The second-order valence-corrected chi connectivity index (χ2v) is 6.13. The third-order valence-corrected chi connectivity index (χ3v) is 4.59.